The van der Waals surface area contributed by atoms with Crippen LogP contribution in [0.4, 0.5) is 5.69 Å². The Bertz CT molecular complexity index is 868. The third-order valence-electron chi connectivity index (χ3n) is 3.94. The van der Waals surface area contributed by atoms with Crippen LogP contribution < -0.4 is 4.90 Å². The fraction of sp³-hybridized carbons (Fsp3) is 0.294. The summed E-state index contributed by atoms with van der Waals surface area (Å²) in [5.41, 5.74) is 1.70. The van der Waals surface area contributed by atoms with Crippen LogP contribution in [0.25, 0.3) is 5.57 Å². The molecule has 0 saturated carbocycles. The van der Waals surface area contributed by atoms with Crippen LogP contribution in [0, 0.1) is 0 Å². The number of amides is 2. The predicted octanol–water partition coefficient (Wildman–Crippen LogP) is 2.95. The van der Waals surface area contributed by atoms with Crippen molar-refractivity contribution >= 4 is 73.3 Å². The van der Waals surface area contributed by atoms with Crippen molar-refractivity contribution in [2.75, 3.05) is 25.1 Å². The number of ether oxygens (including phenoxy) is 1. The minimum atomic E-state index is -0.521. The minimum absolute atomic E-state index is 0.241. The molecule has 1 saturated heterocycles. The van der Waals surface area contributed by atoms with Crippen LogP contribution in [-0.4, -0.2) is 47.2 Å². The number of nitrogens with zero attached hydrogens (tertiary/aromatic N) is 2. The van der Waals surface area contributed by atoms with Gasteiger partial charge < -0.3 is 9.64 Å². The van der Waals surface area contributed by atoms with E-state index in [0.717, 1.165) is 21.9 Å². The van der Waals surface area contributed by atoms with E-state index in [1.807, 2.05) is 19.1 Å². The van der Waals surface area contributed by atoms with Gasteiger partial charge in [-0.1, -0.05) is 46.8 Å². The van der Waals surface area contributed by atoms with Crippen molar-refractivity contribution in [3.05, 3.63) is 33.1 Å². The first-order valence-corrected chi connectivity index (χ1v) is 9.88. The summed E-state index contributed by atoms with van der Waals surface area (Å²) < 4.78 is 6.06. The van der Waals surface area contributed by atoms with Crippen LogP contribution in [0.1, 0.15) is 18.9 Å². The Morgan fingerprint density at radius 1 is 1.31 bits per heavy atom. The van der Waals surface area contributed by atoms with Gasteiger partial charge in [0.25, 0.3) is 11.8 Å². The number of thioether (sulfide) groups is 1. The second kappa shape index (κ2) is 7.50. The first-order valence-electron chi connectivity index (χ1n) is 7.86. The highest BCUT2D eigenvalue weighted by Gasteiger charge is 2.41. The highest BCUT2D eigenvalue weighted by molar-refractivity contribution is 9.10. The molecule has 1 aromatic rings. The number of hydrogen-bond acceptors (Lipinski definition) is 6. The summed E-state index contributed by atoms with van der Waals surface area (Å²) in [6.45, 7) is 1.92. The van der Waals surface area contributed by atoms with Crippen molar-refractivity contribution < 1.29 is 19.1 Å². The van der Waals surface area contributed by atoms with Crippen LogP contribution in [0.3, 0.4) is 0 Å². The van der Waals surface area contributed by atoms with Gasteiger partial charge in [-0.15, -0.1) is 0 Å². The molecule has 9 heteroatoms. The number of esters is 1. The number of fused-ring (bicyclic) bond motifs is 1. The van der Waals surface area contributed by atoms with Crippen molar-refractivity contribution in [2.45, 2.75) is 13.3 Å². The summed E-state index contributed by atoms with van der Waals surface area (Å²) in [5, 5.41) is 0. The molecule has 0 radical (unpaired) electrons. The van der Waals surface area contributed by atoms with Gasteiger partial charge in [0, 0.05) is 17.1 Å². The third kappa shape index (κ3) is 3.30. The Hall–Kier alpha value is -1.71. The Labute approximate surface area is 168 Å². The van der Waals surface area contributed by atoms with E-state index in [1.165, 1.54) is 9.80 Å². The second-order valence-corrected chi connectivity index (χ2v) is 8.27. The average molecular weight is 455 g/mol. The predicted molar refractivity (Wildman–Crippen MR) is 108 cm³/mol. The van der Waals surface area contributed by atoms with E-state index in [-0.39, 0.29) is 21.7 Å². The van der Waals surface area contributed by atoms with Gasteiger partial charge in [-0.2, -0.15) is 0 Å². The van der Waals surface area contributed by atoms with Crippen LogP contribution in [0.5, 0.6) is 0 Å². The zero-order valence-corrected chi connectivity index (χ0v) is 17.3. The highest BCUT2D eigenvalue weighted by atomic mass is 79.9. The topological polar surface area (TPSA) is 66.9 Å². The molecule has 2 aliphatic heterocycles. The van der Waals surface area contributed by atoms with Gasteiger partial charge in [-0.05, 0) is 24.6 Å². The summed E-state index contributed by atoms with van der Waals surface area (Å²) in [5.74, 6) is -1.24. The molecule has 1 fully saturated rings. The molecular weight excluding hydrogens is 440 g/mol. The van der Waals surface area contributed by atoms with E-state index in [9.17, 15) is 14.4 Å². The van der Waals surface area contributed by atoms with Crippen molar-refractivity contribution in [3.8, 4) is 0 Å². The molecular formula is C17H15BrN2O4S2. The number of halogens is 1. The van der Waals surface area contributed by atoms with E-state index in [2.05, 4.69) is 15.9 Å². The van der Waals surface area contributed by atoms with Crippen molar-refractivity contribution in [3.63, 3.8) is 0 Å². The third-order valence-corrected chi connectivity index (χ3v) is 5.88. The standard InChI is InChI=1S/C17H15BrN2O4S2/c1-3-6-24-12(21)8-20-16(23)14(26-17(20)25)13-10-7-9(18)4-5-11(10)19(2)15(13)22/h4-5,7H,3,6,8H2,1-2H3/b14-13-. The Morgan fingerprint density at radius 2 is 2.04 bits per heavy atom. The molecule has 0 unspecified atom stereocenters. The van der Waals surface area contributed by atoms with E-state index in [0.29, 0.717) is 24.2 Å². The lowest BCUT2D eigenvalue weighted by Crippen LogP contribution is -2.34. The number of likely N-dealkylation sites (N-methyl/N-ethyl adjacent to an activating group) is 1. The smallest absolute Gasteiger partial charge is 0.326 e. The number of anilines is 1. The number of carbonyl (C=O) groups is 3. The van der Waals surface area contributed by atoms with Crippen LogP contribution in [0.2, 0.25) is 0 Å². The van der Waals surface area contributed by atoms with Crippen LogP contribution in [-0.2, 0) is 19.1 Å². The van der Waals surface area contributed by atoms with Gasteiger partial charge in [-0.25, -0.2) is 0 Å². The molecule has 0 spiro atoms. The molecule has 26 heavy (non-hydrogen) atoms. The molecule has 6 nitrogen and oxygen atoms in total. The molecule has 136 valence electrons. The van der Waals surface area contributed by atoms with Gasteiger partial charge in [0.1, 0.15) is 10.9 Å². The van der Waals surface area contributed by atoms with E-state index in [1.54, 1.807) is 13.1 Å². The molecule has 2 aliphatic rings. The van der Waals surface area contributed by atoms with Gasteiger partial charge in [0.15, 0.2) is 0 Å². The highest BCUT2D eigenvalue weighted by Crippen LogP contribution is 2.44. The number of benzene rings is 1. The van der Waals surface area contributed by atoms with E-state index < -0.39 is 11.9 Å². The maximum absolute atomic E-state index is 12.8. The fourth-order valence-corrected chi connectivity index (χ4v) is 4.38. The Kier molecular flexibility index (Phi) is 5.50. The lowest BCUT2D eigenvalue weighted by molar-refractivity contribution is -0.146. The monoisotopic (exact) mass is 454 g/mol. The summed E-state index contributed by atoms with van der Waals surface area (Å²) in [6.07, 6.45) is 0.695. The molecule has 2 heterocycles. The van der Waals surface area contributed by atoms with E-state index in [4.69, 9.17) is 17.0 Å². The van der Waals surface area contributed by atoms with Gasteiger partial charge in [0.05, 0.1) is 22.8 Å². The fourth-order valence-electron chi connectivity index (χ4n) is 2.69. The number of rotatable bonds is 4. The average Bonchev–Trinajstić information content (AvgIpc) is 3.00. The van der Waals surface area contributed by atoms with Gasteiger partial charge >= 0.3 is 5.97 Å². The summed E-state index contributed by atoms with van der Waals surface area (Å²) in [6, 6.07) is 5.45. The lowest BCUT2D eigenvalue weighted by Gasteiger charge is -2.13. The second-order valence-electron chi connectivity index (χ2n) is 5.71. The largest absolute Gasteiger partial charge is 0.464 e. The SMILES string of the molecule is CCCOC(=O)CN1C(=O)/C(=C2/C(=O)N(C)c3ccc(Br)cc32)SC1=S. The Balaban J connectivity index is 1.96. The first-order chi connectivity index (χ1) is 12.3. The van der Waals surface area contributed by atoms with Crippen molar-refractivity contribution in [1.29, 1.82) is 0 Å². The number of carbonyl (C=O) groups excluding carboxylic acids is 3. The molecule has 0 N–H and O–H groups in total. The lowest BCUT2D eigenvalue weighted by atomic mass is 10.1. The number of hydrogen-bond donors (Lipinski definition) is 0. The number of thiocarbonyl (C=S) groups is 1. The summed E-state index contributed by atoms with van der Waals surface area (Å²) in [7, 11) is 1.66. The maximum Gasteiger partial charge on any atom is 0.326 e. The Morgan fingerprint density at radius 3 is 2.73 bits per heavy atom. The molecule has 0 bridgehead atoms. The maximum atomic E-state index is 12.8. The van der Waals surface area contributed by atoms with Crippen LogP contribution >= 0.6 is 39.9 Å². The molecule has 1 aromatic carbocycles. The van der Waals surface area contributed by atoms with Crippen molar-refractivity contribution in [1.82, 2.24) is 4.90 Å². The molecule has 2 amide bonds. The zero-order chi connectivity index (χ0) is 19.0. The molecule has 0 aliphatic carbocycles. The normalized spacial score (nSPS) is 19.4. The van der Waals surface area contributed by atoms with Gasteiger partial charge in [0.2, 0.25) is 0 Å². The summed E-state index contributed by atoms with van der Waals surface area (Å²) in [4.78, 5) is 40.3. The van der Waals surface area contributed by atoms with Crippen molar-refractivity contribution in [2.24, 2.45) is 0 Å². The minimum Gasteiger partial charge on any atom is -0.464 e. The summed E-state index contributed by atoms with van der Waals surface area (Å²) >= 11 is 9.68. The van der Waals surface area contributed by atoms with E-state index >= 15 is 0 Å². The molecule has 3 rings (SSSR count). The molecule has 0 aromatic heterocycles. The van der Waals surface area contributed by atoms with Crippen LogP contribution in [0.15, 0.2) is 27.6 Å². The zero-order valence-electron chi connectivity index (χ0n) is 14.1. The quantitative estimate of drug-likeness (QED) is 0.395. The first kappa shape index (κ1) is 19.1. The van der Waals surface area contributed by atoms with Gasteiger partial charge in [-0.3, -0.25) is 19.3 Å². The molecule has 0 atom stereocenters.